The van der Waals surface area contributed by atoms with Gasteiger partial charge in [0, 0.05) is 45.0 Å². The van der Waals surface area contributed by atoms with Crippen molar-refractivity contribution >= 4 is 17.8 Å². The zero-order chi connectivity index (χ0) is 27.3. The highest BCUT2D eigenvalue weighted by atomic mass is 16.2. The van der Waals surface area contributed by atoms with E-state index in [1.54, 1.807) is 35.9 Å². The first-order chi connectivity index (χ1) is 18.1. The largest absolute Gasteiger partial charge is 0.354 e. The Labute approximate surface area is 223 Å². The van der Waals surface area contributed by atoms with Crippen molar-refractivity contribution in [3.63, 3.8) is 0 Å². The number of aromatic nitrogens is 2. The quantitative estimate of drug-likeness (QED) is 0.512. The van der Waals surface area contributed by atoms with Gasteiger partial charge in [0.2, 0.25) is 5.91 Å². The second-order valence-corrected chi connectivity index (χ2v) is 10.8. The summed E-state index contributed by atoms with van der Waals surface area (Å²) in [7, 11) is 0. The van der Waals surface area contributed by atoms with Crippen molar-refractivity contribution in [2.45, 2.75) is 51.1 Å². The molecule has 1 aromatic heterocycles. The fourth-order valence-corrected chi connectivity index (χ4v) is 4.89. The molecule has 0 bridgehead atoms. The molecule has 0 spiro atoms. The molecule has 5 N–H and O–H groups in total. The Morgan fingerprint density at radius 2 is 1.68 bits per heavy atom. The number of rotatable bonds is 6. The summed E-state index contributed by atoms with van der Waals surface area (Å²) >= 11 is 0. The molecule has 2 saturated heterocycles. The van der Waals surface area contributed by atoms with Crippen LogP contribution in [-0.4, -0.2) is 93.6 Å². The molecule has 3 heterocycles. The van der Waals surface area contributed by atoms with Crippen molar-refractivity contribution in [2.24, 2.45) is 11.5 Å². The van der Waals surface area contributed by atoms with Gasteiger partial charge in [0.25, 0.3) is 0 Å². The van der Waals surface area contributed by atoms with Crippen LogP contribution in [0.5, 0.6) is 0 Å². The predicted octanol–water partition coefficient (Wildman–Crippen LogP) is 1.00. The van der Waals surface area contributed by atoms with E-state index in [-0.39, 0.29) is 17.8 Å². The molecule has 11 nitrogen and oxygen atoms in total. The third-order valence-electron chi connectivity index (χ3n) is 7.24. The van der Waals surface area contributed by atoms with Crippen molar-refractivity contribution in [2.75, 3.05) is 51.1 Å². The molecule has 2 aliphatic heterocycles. The van der Waals surface area contributed by atoms with Crippen LogP contribution in [0.2, 0.25) is 0 Å². The predicted molar refractivity (Wildman–Crippen MR) is 147 cm³/mol. The van der Waals surface area contributed by atoms with E-state index < -0.39 is 11.2 Å². The molecule has 1 atom stereocenters. The highest BCUT2D eigenvalue weighted by Gasteiger charge is 2.31. The lowest BCUT2D eigenvalue weighted by atomic mass is 10.1. The summed E-state index contributed by atoms with van der Waals surface area (Å²) < 4.78 is 1.45. The number of likely N-dealkylation sites (tertiary alicyclic amines) is 1. The standard InChI is InChI=1S/C27H40N8O3/c1-27(2,29)24(36)33-16-18-34(19-17-33)25(37)30-23-11-15-35(26(38)31-23)22-7-5-20(6-8-22)9-13-32-12-3-4-21(28)10-14-32/h5-8,11,15,21H,3-4,9-10,12-14,16-19,28-29H2,1-2H3,(H,30,31,37,38)/t21-/m1/s1. The highest BCUT2D eigenvalue weighted by Crippen LogP contribution is 2.14. The van der Waals surface area contributed by atoms with E-state index in [9.17, 15) is 14.4 Å². The van der Waals surface area contributed by atoms with Gasteiger partial charge in [-0.1, -0.05) is 12.1 Å². The third kappa shape index (κ3) is 7.18. The molecule has 3 amide bonds. The van der Waals surface area contributed by atoms with Gasteiger partial charge in [-0.15, -0.1) is 0 Å². The van der Waals surface area contributed by atoms with E-state index in [2.05, 4.69) is 15.2 Å². The van der Waals surface area contributed by atoms with Gasteiger partial charge in [0.15, 0.2) is 0 Å². The number of nitrogens with zero attached hydrogens (tertiary/aromatic N) is 5. The normalized spacial score (nSPS) is 19.2. The Morgan fingerprint density at radius 3 is 2.34 bits per heavy atom. The van der Waals surface area contributed by atoms with Crippen LogP contribution in [0.1, 0.15) is 38.7 Å². The first kappa shape index (κ1) is 27.7. The minimum Gasteiger partial charge on any atom is -0.338 e. The summed E-state index contributed by atoms with van der Waals surface area (Å²) in [6, 6.07) is 9.48. The molecule has 206 valence electrons. The Kier molecular flexibility index (Phi) is 8.80. The number of urea groups is 1. The molecule has 11 heteroatoms. The SMILES string of the molecule is CC(C)(N)C(=O)N1CCN(C(=O)Nc2ccn(-c3ccc(CCN4CCC[C@@H](N)CC4)cc3)c(=O)n2)CC1. The number of nitrogens with two attached hydrogens (primary N) is 2. The lowest BCUT2D eigenvalue weighted by Crippen LogP contribution is -2.58. The van der Waals surface area contributed by atoms with Gasteiger partial charge in [-0.2, -0.15) is 4.98 Å². The molecule has 0 radical (unpaired) electrons. The van der Waals surface area contributed by atoms with Gasteiger partial charge >= 0.3 is 11.7 Å². The maximum absolute atomic E-state index is 12.7. The van der Waals surface area contributed by atoms with Gasteiger partial charge < -0.3 is 26.2 Å². The number of piperazine rings is 1. The molecule has 4 rings (SSSR count). The Morgan fingerprint density at radius 1 is 1.00 bits per heavy atom. The maximum atomic E-state index is 12.7. The summed E-state index contributed by atoms with van der Waals surface area (Å²) in [5.74, 6) is 0.0464. The van der Waals surface area contributed by atoms with E-state index in [4.69, 9.17) is 11.5 Å². The Hall–Kier alpha value is -3.28. The van der Waals surface area contributed by atoms with Crippen LogP contribution in [0.4, 0.5) is 10.6 Å². The van der Waals surface area contributed by atoms with Crippen LogP contribution >= 0.6 is 0 Å². The van der Waals surface area contributed by atoms with Crippen LogP contribution in [0.25, 0.3) is 5.69 Å². The summed E-state index contributed by atoms with van der Waals surface area (Å²) in [6.45, 7) is 8.05. The van der Waals surface area contributed by atoms with E-state index >= 15 is 0 Å². The van der Waals surface area contributed by atoms with E-state index in [0.29, 0.717) is 37.9 Å². The van der Waals surface area contributed by atoms with Gasteiger partial charge in [0.05, 0.1) is 11.2 Å². The Bertz CT molecular complexity index is 1170. The van der Waals surface area contributed by atoms with Crippen molar-refractivity contribution in [3.8, 4) is 5.69 Å². The first-order valence-corrected chi connectivity index (χ1v) is 13.4. The molecule has 0 saturated carbocycles. The number of hydrogen-bond acceptors (Lipinski definition) is 7. The minimum absolute atomic E-state index is 0.140. The molecule has 2 aliphatic rings. The van der Waals surface area contributed by atoms with Gasteiger partial charge in [-0.3, -0.25) is 14.7 Å². The molecular weight excluding hydrogens is 484 g/mol. The zero-order valence-corrected chi connectivity index (χ0v) is 22.4. The van der Waals surface area contributed by atoms with Crippen molar-refractivity contribution in [3.05, 3.63) is 52.6 Å². The van der Waals surface area contributed by atoms with Crippen LogP contribution in [0.15, 0.2) is 41.3 Å². The molecule has 1 aromatic carbocycles. The molecule has 38 heavy (non-hydrogen) atoms. The zero-order valence-electron chi connectivity index (χ0n) is 22.4. The first-order valence-electron chi connectivity index (χ1n) is 13.4. The van der Waals surface area contributed by atoms with Crippen LogP contribution < -0.4 is 22.5 Å². The summed E-state index contributed by atoms with van der Waals surface area (Å²) in [6.07, 6.45) is 5.86. The topological polar surface area (TPSA) is 143 Å². The number of hydrogen-bond donors (Lipinski definition) is 3. The lowest BCUT2D eigenvalue weighted by Gasteiger charge is -2.37. The van der Waals surface area contributed by atoms with Crippen LogP contribution in [0.3, 0.4) is 0 Å². The monoisotopic (exact) mass is 524 g/mol. The highest BCUT2D eigenvalue weighted by molar-refractivity contribution is 5.89. The number of amides is 3. The second kappa shape index (κ2) is 12.1. The molecule has 0 unspecified atom stereocenters. The average Bonchev–Trinajstić information content (AvgIpc) is 3.11. The number of nitrogens with one attached hydrogen (secondary N) is 1. The molecule has 2 aromatic rings. The lowest BCUT2D eigenvalue weighted by molar-refractivity contribution is -0.137. The number of carbonyl (C=O) groups excluding carboxylic acids is 2. The maximum Gasteiger partial charge on any atom is 0.354 e. The van der Waals surface area contributed by atoms with E-state index in [1.165, 1.54) is 10.1 Å². The van der Waals surface area contributed by atoms with Crippen molar-refractivity contribution in [1.82, 2.24) is 24.3 Å². The van der Waals surface area contributed by atoms with E-state index in [0.717, 1.165) is 45.3 Å². The average molecular weight is 525 g/mol. The number of anilines is 1. The van der Waals surface area contributed by atoms with Gasteiger partial charge in [-0.05, 0) is 76.4 Å². The van der Waals surface area contributed by atoms with Gasteiger partial charge in [-0.25, -0.2) is 9.59 Å². The van der Waals surface area contributed by atoms with Crippen molar-refractivity contribution in [1.29, 1.82) is 0 Å². The summed E-state index contributed by atoms with van der Waals surface area (Å²) in [4.78, 5) is 47.5. The smallest absolute Gasteiger partial charge is 0.338 e. The molecular formula is C27H40N8O3. The minimum atomic E-state index is -0.944. The van der Waals surface area contributed by atoms with E-state index in [1.807, 2.05) is 24.3 Å². The molecule has 0 aliphatic carbocycles. The third-order valence-corrected chi connectivity index (χ3v) is 7.24. The molecule has 2 fully saturated rings. The number of carbonyl (C=O) groups is 2. The fourth-order valence-electron chi connectivity index (χ4n) is 4.89. The van der Waals surface area contributed by atoms with Crippen LogP contribution in [-0.2, 0) is 11.2 Å². The fraction of sp³-hybridized carbons (Fsp3) is 0.556. The Balaban J connectivity index is 1.29. The van der Waals surface area contributed by atoms with Crippen molar-refractivity contribution < 1.29 is 9.59 Å². The van der Waals surface area contributed by atoms with Crippen LogP contribution in [0, 0.1) is 0 Å². The summed E-state index contributed by atoms with van der Waals surface area (Å²) in [5.41, 5.74) is 12.5. The van der Waals surface area contributed by atoms with Gasteiger partial charge in [0.1, 0.15) is 5.82 Å². The second-order valence-electron chi connectivity index (χ2n) is 10.8. The number of benzene rings is 1. The summed E-state index contributed by atoms with van der Waals surface area (Å²) in [5, 5.41) is 2.69.